The van der Waals surface area contributed by atoms with Gasteiger partial charge in [-0.25, -0.2) is 0 Å². The molecule has 0 saturated carbocycles. The second-order valence-electron chi connectivity index (χ2n) is 4.70. The molecule has 0 aliphatic rings. The van der Waals surface area contributed by atoms with Crippen LogP contribution in [0.2, 0.25) is 0 Å². The van der Waals surface area contributed by atoms with E-state index in [1.54, 1.807) is 11.7 Å². The Morgan fingerprint density at radius 1 is 1.48 bits per heavy atom. The molecule has 0 unspecified atom stereocenters. The van der Waals surface area contributed by atoms with E-state index >= 15 is 0 Å². The fourth-order valence-electron chi connectivity index (χ4n) is 2.04. The molecule has 2 rings (SSSR count). The maximum atomic E-state index is 12.7. The molecule has 0 radical (unpaired) electrons. The molecule has 6 nitrogen and oxygen atoms in total. The molecule has 114 valence electrons. The molecule has 0 saturated heterocycles. The number of nitrogens with zero attached hydrogens (tertiary/aromatic N) is 5. The van der Waals surface area contributed by atoms with Crippen LogP contribution < -0.4 is 0 Å². The van der Waals surface area contributed by atoms with Crippen LogP contribution >= 0.6 is 0 Å². The first-order valence-corrected chi connectivity index (χ1v) is 6.54. The molecular weight excluding hydrogens is 280 g/mol. The summed E-state index contributed by atoms with van der Waals surface area (Å²) in [5.41, 5.74) is 1.57. The lowest BCUT2D eigenvalue weighted by Crippen LogP contribution is -2.28. The highest BCUT2D eigenvalue weighted by atomic mass is 19.3. The Morgan fingerprint density at radius 3 is 2.76 bits per heavy atom. The fourth-order valence-corrected chi connectivity index (χ4v) is 2.04. The highest BCUT2D eigenvalue weighted by Gasteiger charge is 2.21. The normalized spacial score (nSPS) is 11.1. The van der Waals surface area contributed by atoms with Crippen molar-refractivity contribution in [2.45, 2.75) is 33.5 Å². The zero-order valence-corrected chi connectivity index (χ0v) is 12.1. The summed E-state index contributed by atoms with van der Waals surface area (Å²) >= 11 is 0. The van der Waals surface area contributed by atoms with Crippen molar-refractivity contribution in [2.24, 2.45) is 0 Å². The predicted molar refractivity (Wildman–Crippen MR) is 71.9 cm³/mol. The Labute approximate surface area is 121 Å². The summed E-state index contributed by atoms with van der Waals surface area (Å²) in [7, 11) is 1.56. The number of aryl methyl sites for hydroxylation is 2. The van der Waals surface area contributed by atoms with Gasteiger partial charge in [-0.3, -0.25) is 9.48 Å². The van der Waals surface area contributed by atoms with E-state index in [1.165, 1.54) is 17.2 Å². The molecule has 0 atom stereocenters. The third kappa shape index (κ3) is 3.09. The standard InChI is InChI=1S/C13H17F2N5O/c1-4-19-8-10(9(2)17-19)7-18(3)12(21)11-5-6-16-20(11)13(14)15/h5-6,8,13H,4,7H2,1-3H3. The summed E-state index contributed by atoms with van der Waals surface area (Å²) in [6.45, 7) is 2.02. The second kappa shape index (κ2) is 6.02. The summed E-state index contributed by atoms with van der Waals surface area (Å²) in [4.78, 5) is 13.6. The van der Waals surface area contributed by atoms with Crippen LogP contribution in [0.4, 0.5) is 8.78 Å². The Bertz CT molecular complexity index is 634. The Morgan fingerprint density at radius 2 is 2.19 bits per heavy atom. The van der Waals surface area contributed by atoms with Crippen molar-refractivity contribution < 1.29 is 13.6 Å². The van der Waals surface area contributed by atoms with Crippen molar-refractivity contribution >= 4 is 5.91 Å². The van der Waals surface area contributed by atoms with Gasteiger partial charge < -0.3 is 4.90 Å². The molecule has 0 spiro atoms. The van der Waals surface area contributed by atoms with Gasteiger partial charge in [-0.1, -0.05) is 0 Å². The van der Waals surface area contributed by atoms with Gasteiger partial charge in [-0.05, 0) is 19.9 Å². The van der Waals surface area contributed by atoms with E-state index in [4.69, 9.17) is 0 Å². The van der Waals surface area contributed by atoms with E-state index < -0.39 is 12.5 Å². The Hall–Kier alpha value is -2.25. The van der Waals surface area contributed by atoms with E-state index in [-0.39, 0.29) is 5.69 Å². The molecule has 2 heterocycles. The predicted octanol–water partition coefficient (Wildman–Crippen LogP) is 2.08. The summed E-state index contributed by atoms with van der Waals surface area (Å²) in [5.74, 6) is -0.503. The lowest BCUT2D eigenvalue weighted by Gasteiger charge is -2.17. The number of amides is 1. The molecule has 0 aliphatic heterocycles. The largest absolute Gasteiger partial charge is 0.336 e. The summed E-state index contributed by atoms with van der Waals surface area (Å²) in [6, 6.07) is 1.29. The van der Waals surface area contributed by atoms with E-state index in [0.717, 1.165) is 17.8 Å². The van der Waals surface area contributed by atoms with Crippen LogP contribution in [-0.2, 0) is 13.1 Å². The van der Waals surface area contributed by atoms with Gasteiger partial charge in [0.2, 0.25) is 0 Å². The molecule has 0 N–H and O–H groups in total. The number of rotatable bonds is 5. The van der Waals surface area contributed by atoms with Crippen molar-refractivity contribution in [1.29, 1.82) is 0 Å². The van der Waals surface area contributed by atoms with E-state index in [9.17, 15) is 13.6 Å². The molecule has 8 heteroatoms. The minimum absolute atomic E-state index is 0.131. The van der Waals surface area contributed by atoms with Gasteiger partial charge in [0.25, 0.3) is 5.91 Å². The van der Waals surface area contributed by atoms with E-state index in [2.05, 4.69) is 10.2 Å². The molecular formula is C13H17F2N5O. The van der Waals surface area contributed by atoms with Crippen LogP contribution in [0.15, 0.2) is 18.5 Å². The van der Waals surface area contributed by atoms with Gasteiger partial charge in [0.15, 0.2) is 0 Å². The molecule has 21 heavy (non-hydrogen) atoms. The molecule has 0 aromatic carbocycles. The highest BCUT2D eigenvalue weighted by molar-refractivity contribution is 5.92. The first-order chi connectivity index (χ1) is 9.93. The van der Waals surface area contributed by atoms with E-state index in [1.807, 2.05) is 20.0 Å². The fraction of sp³-hybridized carbons (Fsp3) is 0.462. The number of carbonyl (C=O) groups is 1. The molecule has 2 aromatic heterocycles. The number of hydrogen-bond acceptors (Lipinski definition) is 3. The third-order valence-corrected chi connectivity index (χ3v) is 3.20. The van der Waals surface area contributed by atoms with Gasteiger partial charge in [0.05, 0.1) is 5.69 Å². The van der Waals surface area contributed by atoms with Crippen molar-refractivity contribution in [2.75, 3.05) is 7.05 Å². The van der Waals surface area contributed by atoms with Gasteiger partial charge in [0, 0.05) is 38.1 Å². The van der Waals surface area contributed by atoms with Gasteiger partial charge in [-0.2, -0.15) is 23.7 Å². The molecule has 0 bridgehead atoms. The smallest absolute Gasteiger partial charge is 0.333 e. The monoisotopic (exact) mass is 297 g/mol. The van der Waals surface area contributed by atoms with Crippen molar-refractivity contribution in [1.82, 2.24) is 24.5 Å². The van der Waals surface area contributed by atoms with Gasteiger partial charge >= 0.3 is 6.55 Å². The van der Waals surface area contributed by atoms with Crippen LogP contribution in [0.3, 0.4) is 0 Å². The number of aromatic nitrogens is 4. The zero-order valence-electron chi connectivity index (χ0n) is 12.1. The van der Waals surface area contributed by atoms with Gasteiger partial charge in [-0.15, -0.1) is 0 Å². The summed E-state index contributed by atoms with van der Waals surface area (Å²) < 4.78 is 27.7. The molecule has 2 aromatic rings. The van der Waals surface area contributed by atoms with Crippen LogP contribution in [0.25, 0.3) is 0 Å². The average Bonchev–Trinajstić information content (AvgIpc) is 3.05. The Balaban J connectivity index is 2.15. The molecule has 0 fully saturated rings. The zero-order chi connectivity index (χ0) is 15.6. The van der Waals surface area contributed by atoms with Crippen LogP contribution in [0.1, 0.15) is 35.2 Å². The average molecular weight is 297 g/mol. The molecule has 0 aliphatic carbocycles. The summed E-state index contributed by atoms with van der Waals surface area (Å²) in [5, 5.41) is 7.76. The summed E-state index contributed by atoms with van der Waals surface area (Å²) in [6.07, 6.45) is 3.04. The van der Waals surface area contributed by atoms with Crippen LogP contribution in [0.5, 0.6) is 0 Å². The second-order valence-corrected chi connectivity index (χ2v) is 4.70. The number of hydrogen-bond donors (Lipinski definition) is 0. The van der Waals surface area contributed by atoms with Crippen molar-refractivity contribution in [3.63, 3.8) is 0 Å². The van der Waals surface area contributed by atoms with E-state index in [0.29, 0.717) is 11.2 Å². The SMILES string of the molecule is CCn1cc(CN(C)C(=O)c2ccnn2C(F)F)c(C)n1. The maximum Gasteiger partial charge on any atom is 0.333 e. The lowest BCUT2D eigenvalue weighted by atomic mass is 10.2. The minimum Gasteiger partial charge on any atom is -0.336 e. The quantitative estimate of drug-likeness (QED) is 0.849. The maximum absolute atomic E-state index is 12.7. The van der Waals surface area contributed by atoms with Gasteiger partial charge in [0.1, 0.15) is 5.69 Å². The lowest BCUT2D eigenvalue weighted by molar-refractivity contribution is 0.0472. The third-order valence-electron chi connectivity index (χ3n) is 3.20. The topological polar surface area (TPSA) is 56.0 Å². The van der Waals surface area contributed by atoms with Crippen LogP contribution in [-0.4, -0.2) is 37.4 Å². The first kappa shape index (κ1) is 15.1. The first-order valence-electron chi connectivity index (χ1n) is 6.54. The number of carbonyl (C=O) groups excluding carboxylic acids is 1. The minimum atomic E-state index is -2.84. The number of alkyl halides is 2. The molecule has 1 amide bonds. The highest BCUT2D eigenvalue weighted by Crippen LogP contribution is 2.15. The Kier molecular flexibility index (Phi) is 4.35. The van der Waals surface area contributed by atoms with Crippen molar-refractivity contribution in [3.05, 3.63) is 35.4 Å². The number of halogens is 2. The van der Waals surface area contributed by atoms with Crippen molar-refractivity contribution in [3.8, 4) is 0 Å². The van der Waals surface area contributed by atoms with Crippen LogP contribution in [0, 0.1) is 6.92 Å².